The zero-order chi connectivity index (χ0) is 15.0. The van der Waals surface area contributed by atoms with Crippen LogP contribution in [0.15, 0.2) is 41.0 Å². The van der Waals surface area contributed by atoms with Crippen molar-refractivity contribution in [2.24, 2.45) is 7.05 Å². The summed E-state index contributed by atoms with van der Waals surface area (Å²) >= 11 is 6.33. The van der Waals surface area contributed by atoms with Gasteiger partial charge in [0.1, 0.15) is 17.3 Å². The normalized spacial score (nSPS) is 11.0. The Morgan fingerprint density at radius 3 is 2.71 bits per heavy atom. The highest BCUT2D eigenvalue weighted by molar-refractivity contribution is 6.33. The molecule has 0 bridgehead atoms. The van der Waals surface area contributed by atoms with Crippen LogP contribution in [0.25, 0.3) is 22.4 Å². The molecule has 0 fully saturated rings. The summed E-state index contributed by atoms with van der Waals surface area (Å²) in [6, 6.07) is 9.55. The lowest BCUT2D eigenvalue weighted by Crippen LogP contribution is -1.98. The maximum atomic E-state index is 6.33. The molecule has 0 saturated carbocycles. The molecular formula is C16H16ClN3O. The van der Waals surface area contributed by atoms with Gasteiger partial charge in [0.25, 0.3) is 0 Å². The largest absolute Gasteiger partial charge is 0.469 e. The summed E-state index contributed by atoms with van der Waals surface area (Å²) in [4.78, 5) is 0. The SMILES string of the molecule is CCc1occc1-c1nn(C)c(N)c1-c1ccccc1Cl. The quantitative estimate of drug-likeness (QED) is 0.791. The smallest absolute Gasteiger partial charge is 0.129 e. The standard InChI is InChI=1S/C16H16ClN3O/c1-3-13-11(8-9-21-13)15-14(16(18)20(2)19-15)10-6-4-5-7-12(10)17/h4-9H,3,18H2,1-2H3. The first-order chi connectivity index (χ1) is 10.1. The summed E-state index contributed by atoms with van der Waals surface area (Å²) < 4.78 is 7.18. The number of aryl methyl sites for hydroxylation is 2. The van der Waals surface area contributed by atoms with E-state index in [2.05, 4.69) is 5.10 Å². The van der Waals surface area contributed by atoms with Crippen LogP contribution < -0.4 is 5.73 Å². The Kier molecular flexibility index (Phi) is 3.47. The van der Waals surface area contributed by atoms with E-state index in [9.17, 15) is 0 Å². The van der Waals surface area contributed by atoms with Crippen LogP contribution in [-0.4, -0.2) is 9.78 Å². The van der Waals surface area contributed by atoms with Gasteiger partial charge in [-0.05, 0) is 12.1 Å². The van der Waals surface area contributed by atoms with Gasteiger partial charge in [0.05, 0.1) is 11.8 Å². The molecule has 0 aliphatic heterocycles. The van der Waals surface area contributed by atoms with Crippen molar-refractivity contribution in [1.82, 2.24) is 9.78 Å². The molecule has 2 aromatic heterocycles. The molecule has 108 valence electrons. The van der Waals surface area contributed by atoms with Gasteiger partial charge in [0.2, 0.25) is 0 Å². The third-order valence-electron chi connectivity index (χ3n) is 3.56. The van der Waals surface area contributed by atoms with Gasteiger partial charge in [0, 0.05) is 29.6 Å². The first kappa shape index (κ1) is 13.8. The van der Waals surface area contributed by atoms with Gasteiger partial charge in [-0.1, -0.05) is 36.7 Å². The fourth-order valence-electron chi connectivity index (χ4n) is 2.48. The fourth-order valence-corrected chi connectivity index (χ4v) is 2.71. The van der Waals surface area contributed by atoms with Crippen LogP contribution in [0.2, 0.25) is 5.02 Å². The van der Waals surface area contributed by atoms with Crippen molar-refractivity contribution in [1.29, 1.82) is 0 Å². The van der Waals surface area contributed by atoms with Gasteiger partial charge in [0.15, 0.2) is 0 Å². The number of nitrogens with two attached hydrogens (primary N) is 1. The predicted molar refractivity (Wildman–Crippen MR) is 85.1 cm³/mol. The molecule has 2 N–H and O–H groups in total. The zero-order valence-corrected chi connectivity index (χ0v) is 12.7. The molecule has 3 rings (SSSR count). The number of aromatic nitrogens is 2. The van der Waals surface area contributed by atoms with Crippen LogP contribution in [0.1, 0.15) is 12.7 Å². The molecule has 21 heavy (non-hydrogen) atoms. The van der Waals surface area contributed by atoms with Gasteiger partial charge >= 0.3 is 0 Å². The number of furan rings is 1. The molecule has 3 aromatic rings. The number of rotatable bonds is 3. The summed E-state index contributed by atoms with van der Waals surface area (Å²) in [6.45, 7) is 2.05. The van der Waals surface area contributed by atoms with Gasteiger partial charge in [-0.15, -0.1) is 0 Å². The topological polar surface area (TPSA) is 57.0 Å². The Morgan fingerprint density at radius 1 is 1.24 bits per heavy atom. The van der Waals surface area contributed by atoms with Crippen LogP contribution in [0.3, 0.4) is 0 Å². The summed E-state index contributed by atoms with van der Waals surface area (Å²) in [5.74, 6) is 1.47. The number of nitrogens with zero attached hydrogens (tertiary/aromatic N) is 2. The number of anilines is 1. The molecule has 5 heteroatoms. The van der Waals surface area contributed by atoms with E-state index in [1.54, 1.807) is 10.9 Å². The van der Waals surface area contributed by atoms with E-state index in [-0.39, 0.29) is 0 Å². The molecule has 0 unspecified atom stereocenters. The minimum Gasteiger partial charge on any atom is -0.469 e. The summed E-state index contributed by atoms with van der Waals surface area (Å²) in [5, 5.41) is 5.20. The minimum atomic E-state index is 0.585. The summed E-state index contributed by atoms with van der Waals surface area (Å²) in [6.07, 6.45) is 2.47. The highest BCUT2D eigenvalue weighted by Gasteiger charge is 2.21. The van der Waals surface area contributed by atoms with Gasteiger partial charge in [-0.3, -0.25) is 4.68 Å². The number of halogens is 1. The van der Waals surface area contributed by atoms with E-state index in [1.807, 2.05) is 44.3 Å². The van der Waals surface area contributed by atoms with Crippen LogP contribution in [0.4, 0.5) is 5.82 Å². The predicted octanol–water partition coefficient (Wildman–Crippen LogP) is 4.15. The van der Waals surface area contributed by atoms with Crippen molar-refractivity contribution in [3.8, 4) is 22.4 Å². The highest BCUT2D eigenvalue weighted by atomic mass is 35.5. The molecule has 4 nitrogen and oxygen atoms in total. The monoisotopic (exact) mass is 301 g/mol. The first-order valence-electron chi connectivity index (χ1n) is 6.77. The lowest BCUT2D eigenvalue weighted by Gasteiger charge is -2.06. The van der Waals surface area contributed by atoms with Crippen molar-refractivity contribution in [3.05, 3.63) is 47.4 Å². The molecule has 2 heterocycles. The Labute approximate surface area is 128 Å². The third kappa shape index (κ3) is 2.21. The summed E-state index contributed by atoms with van der Waals surface area (Å²) in [5.41, 5.74) is 9.70. The van der Waals surface area contributed by atoms with E-state index in [0.717, 1.165) is 34.6 Å². The molecule has 0 aliphatic rings. The minimum absolute atomic E-state index is 0.585. The maximum Gasteiger partial charge on any atom is 0.129 e. The Hall–Kier alpha value is -2.20. The molecular weight excluding hydrogens is 286 g/mol. The maximum absolute atomic E-state index is 6.33. The number of hydrogen-bond donors (Lipinski definition) is 1. The molecule has 0 radical (unpaired) electrons. The third-order valence-corrected chi connectivity index (χ3v) is 3.89. The molecule has 0 amide bonds. The van der Waals surface area contributed by atoms with Gasteiger partial charge in [-0.25, -0.2) is 0 Å². The van der Waals surface area contributed by atoms with Crippen LogP contribution in [-0.2, 0) is 13.5 Å². The molecule has 1 aromatic carbocycles. The van der Waals surface area contributed by atoms with E-state index in [4.69, 9.17) is 21.8 Å². The van der Waals surface area contributed by atoms with E-state index in [0.29, 0.717) is 10.8 Å². The van der Waals surface area contributed by atoms with Crippen LogP contribution in [0.5, 0.6) is 0 Å². The first-order valence-corrected chi connectivity index (χ1v) is 7.15. The van der Waals surface area contributed by atoms with E-state index >= 15 is 0 Å². The van der Waals surface area contributed by atoms with Crippen molar-refractivity contribution >= 4 is 17.4 Å². The Bertz CT molecular complexity index is 789. The number of benzene rings is 1. The van der Waals surface area contributed by atoms with Gasteiger partial charge < -0.3 is 10.2 Å². The Balaban J connectivity index is 2.29. The zero-order valence-electron chi connectivity index (χ0n) is 11.9. The highest BCUT2D eigenvalue weighted by Crippen LogP contribution is 2.40. The molecule has 0 saturated heterocycles. The fraction of sp³-hybridized carbons (Fsp3) is 0.188. The van der Waals surface area contributed by atoms with Crippen molar-refractivity contribution in [2.75, 3.05) is 5.73 Å². The van der Waals surface area contributed by atoms with Crippen LogP contribution in [0, 0.1) is 0 Å². The van der Waals surface area contributed by atoms with Crippen LogP contribution >= 0.6 is 11.6 Å². The van der Waals surface area contributed by atoms with Crippen molar-refractivity contribution in [3.63, 3.8) is 0 Å². The van der Waals surface area contributed by atoms with E-state index in [1.165, 1.54) is 0 Å². The molecule has 0 atom stereocenters. The van der Waals surface area contributed by atoms with Crippen molar-refractivity contribution in [2.45, 2.75) is 13.3 Å². The van der Waals surface area contributed by atoms with E-state index < -0.39 is 0 Å². The lowest BCUT2D eigenvalue weighted by molar-refractivity contribution is 0.517. The molecule has 0 aliphatic carbocycles. The second kappa shape index (κ2) is 5.30. The number of nitrogen functional groups attached to an aromatic ring is 1. The Morgan fingerprint density at radius 2 is 2.00 bits per heavy atom. The second-order valence-electron chi connectivity index (χ2n) is 4.82. The average Bonchev–Trinajstić information content (AvgIpc) is 3.05. The average molecular weight is 302 g/mol. The number of hydrogen-bond acceptors (Lipinski definition) is 3. The molecule has 0 spiro atoms. The second-order valence-corrected chi connectivity index (χ2v) is 5.23. The van der Waals surface area contributed by atoms with Crippen molar-refractivity contribution < 1.29 is 4.42 Å². The van der Waals surface area contributed by atoms with Gasteiger partial charge in [-0.2, -0.15) is 5.10 Å². The lowest BCUT2D eigenvalue weighted by atomic mass is 10.0. The summed E-state index contributed by atoms with van der Waals surface area (Å²) in [7, 11) is 1.82.